The van der Waals surface area contributed by atoms with E-state index in [1.165, 1.54) is 6.33 Å². The Morgan fingerprint density at radius 2 is 1.84 bits per heavy atom. The molecule has 0 bridgehead atoms. The molecule has 2 heterocycles. The molecule has 2 aromatic heterocycles. The van der Waals surface area contributed by atoms with E-state index >= 15 is 0 Å². The van der Waals surface area contributed by atoms with Gasteiger partial charge in [0.05, 0.1) is 41.1 Å². The lowest BCUT2D eigenvalue weighted by Gasteiger charge is -2.21. The SMILES string of the molecule is CCOc1cncc(-c2ccc(NC(=O)C3(c4cc(NS(=O)(=O)C5CC5)ncn4)[C@@H]4CCC[C@@H]43)cc2)n1. The first-order valence-corrected chi connectivity index (χ1v) is 14.2. The van der Waals surface area contributed by atoms with Gasteiger partial charge in [-0.3, -0.25) is 14.5 Å². The Labute approximate surface area is 215 Å². The molecule has 10 nitrogen and oxygen atoms in total. The van der Waals surface area contributed by atoms with Gasteiger partial charge in [0.25, 0.3) is 0 Å². The smallest absolute Gasteiger partial charge is 0.237 e. The fourth-order valence-electron chi connectivity index (χ4n) is 5.70. The summed E-state index contributed by atoms with van der Waals surface area (Å²) in [6.45, 7) is 2.40. The predicted octanol–water partition coefficient (Wildman–Crippen LogP) is 3.54. The minimum Gasteiger partial charge on any atom is -0.477 e. The lowest BCUT2D eigenvalue weighted by Crippen LogP contribution is -2.33. The van der Waals surface area contributed by atoms with E-state index in [0.717, 1.165) is 24.8 Å². The number of nitrogens with one attached hydrogen (secondary N) is 2. The Hall–Kier alpha value is -3.60. The fraction of sp³-hybridized carbons (Fsp3) is 0.423. The number of rotatable bonds is 9. The molecular formula is C26H28N6O4S. The molecule has 0 spiro atoms. The van der Waals surface area contributed by atoms with Gasteiger partial charge in [0.2, 0.25) is 21.8 Å². The summed E-state index contributed by atoms with van der Waals surface area (Å²) in [5, 5.41) is 2.72. The van der Waals surface area contributed by atoms with E-state index in [2.05, 4.69) is 30.0 Å². The molecule has 37 heavy (non-hydrogen) atoms. The Morgan fingerprint density at radius 1 is 1.08 bits per heavy atom. The van der Waals surface area contributed by atoms with E-state index in [4.69, 9.17) is 4.74 Å². The zero-order chi connectivity index (χ0) is 25.6. The van der Waals surface area contributed by atoms with Crippen LogP contribution >= 0.6 is 0 Å². The van der Waals surface area contributed by atoms with Crippen LogP contribution in [-0.2, 0) is 20.2 Å². The number of benzene rings is 1. The van der Waals surface area contributed by atoms with E-state index in [-0.39, 0.29) is 28.8 Å². The van der Waals surface area contributed by atoms with Crippen LogP contribution < -0.4 is 14.8 Å². The van der Waals surface area contributed by atoms with Crippen molar-refractivity contribution in [2.75, 3.05) is 16.6 Å². The molecule has 1 amide bonds. The molecule has 0 aliphatic heterocycles. The van der Waals surface area contributed by atoms with Crippen molar-refractivity contribution in [3.63, 3.8) is 0 Å². The van der Waals surface area contributed by atoms with Crippen LogP contribution in [0.25, 0.3) is 11.3 Å². The molecule has 3 atom stereocenters. The van der Waals surface area contributed by atoms with Gasteiger partial charge in [0.1, 0.15) is 12.1 Å². The van der Waals surface area contributed by atoms with Gasteiger partial charge in [-0.05, 0) is 56.6 Å². The first kappa shape index (κ1) is 23.8. The quantitative estimate of drug-likeness (QED) is 0.437. The minimum atomic E-state index is -3.46. The molecule has 192 valence electrons. The second-order valence-corrected chi connectivity index (χ2v) is 11.8. The maximum Gasteiger partial charge on any atom is 0.237 e. The number of hydrogen-bond acceptors (Lipinski definition) is 8. The van der Waals surface area contributed by atoms with Gasteiger partial charge in [-0.15, -0.1) is 0 Å². The molecule has 6 rings (SSSR count). The summed E-state index contributed by atoms with van der Waals surface area (Å²) in [5.74, 6) is 0.928. The van der Waals surface area contributed by atoms with Gasteiger partial charge in [0.15, 0.2) is 0 Å². The molecule has 2 N–H and O–H groups in total. The van der Waals surface area contributed by atoms with Crippen LogP contribution in [-0.4, -0.2) is 46.1 Å². The first-order chi connectivity index (χ1) is 17.9. The Balaban J connectivity index is 1.23. The van der Waals surface area contributed by atoms with Crippen LogP contribution in [0.15, 0.2) is 49.1 Å². The molecule has 11 heteroatoms. The zero-order valence-electron chi connectivity index (χ0n) is 20.4. The van der Waals surface area contributed by atoms with Crippen molar-refractivity contribution < 1.29 is 17.9 Å². The van der Waals surface area contributed by atoms with Gasteiger partial charge >= 0.3 is 0 Å². The molecule has 1 unspecified atom stereocenters. The van der Waals surface area contributed by atoms with Gasteiger partial charge < -0.3 is 10.1 Å². The number of hydrogen-bond donors (Lipinski definition) is 2. The standard InChI is InChI=1S/C26H28N6O4S/c1-2-36-24-14-27-13-21(31-24)16-6-8-17(9-7-16)30-25(33)26(19-4-3-5-20(19)26)22-12-23(29-15-28-22)32-37(34,35)18-10-11-18/h6-9,12-15,18-20H,2-5,10-11H2,1H3,(H,30,33)(H,28,29,32)/t19-,20+,26?. The zero-order valence-corrected chi connectivity index (χ0v) is 21.2. The van der Waals surface area contributed by atoms with E-state index in [9.17, 15) is 13.2 Å². The molecule has 3 aromatic rings. The summed E-state index contributed by atoms with van der Waals surface area (Å²) >= 11 is 0. The highest BCUT2D eigenvalue weighted by Crippen LogP contribution is 2.68. The molecule has 3 aliphatic carbocycles. The van der Waals surface area contributed by atoms with Gasteiger partial charge in [-0.2, -0.15) is 0 Å². The number of carbonyl (C=O) groups excluding carboxylic acids is 1. The Bertz CT molecular complexity index is 1430. The van der Waals surface area contributed by atoms with E-state index in [1.54, 1.807) is 18.5 Å². The summed E-state index contributed by atoms with van der Waals surface area (Å²) in [7, 11) is -3.46. The summed E-state index contributed by atoms with van der Waals surface area (Å²) in [6, 6.07) is 9.06. The lowest BCUT2D eigenvalue weighted by molar-refractivity contribution is -0.119. The van der Waals surface area contributed by atoms with E-state index in [0.29, 0.717) is 42.4 Å². The van der Waals surface area contributed by atoms with Crippen LogP contribution in [0.5, 0.6) is 5.88 Å². The van der Waals surface area contributed by atoms with Crippen molar-refractivity contribution >= 4 is 27.4 Å². The van der Waals surface area contributed by atoms with Crippen LogP contribution in [0.3, 0.4) is 0 Å². The van der Waals surface area contributed by atoms with Crippen LogP contribution in [0.4, 0.5) is 11.5 Å². The van der Waals surface area contributed by atoms with Crippen molar-refractivity contribution in [2.45, 2.75) is 49.7 Å². The third-order valence-electron chi connectivity index (χ3n) is 7.60. The molecule has 0 saturated heterocycles. The lowest BCUT2D eigenvalue weighted by atomic mass is 9.90. The molecule has 3 fully saturated rings. The predicted molar refractivity (Wildman–Crippen MR) is 137 cm³/mol. The Morgan fingerprint density at radius 3 is 2.54 bits per heavy atom. The summed E-state index contributed by atoms with van der Waals surface area (Å²) < 4.78 is 32.9. The highest BCUT2D eigenvalue weighted by atomic mass is 32.2. The van der Waals surface area contributed by atoms with Crippen LogP contribution in [0.2, 0.25) is 0 Å². The van der Waals surface area contributed by atoms with Crippen molar-refractivity contribution in [1.29, 1.82) is 0 Å². The van der Waals surface area contributed by atoms with Crippen molar-refractivity contribution in [3.8, 4) is 17.1 Å². The third kappa shape index (κ3) is 4.30. The number of anilines is 2. The topological polar surface area (TPSA) is 136 Å². The van der Waals surface area contributed by atoms with Crippen molar-refractivity contribution in [2.24, 2.45) is 11.8 Å². The van der Waals surface area contributed by atoms with E-state index in [1.807, 2.05) is 31.2 Å². The molecule has 0 radical (unpaired) electrons. The van der Waals surface area contributed by atoms with Gasteiger partial charge in [-0.1, -0.05) is 18.6 Å². The average Bonchev–Trinajstić information content (AvgIpc) is 3.80. The summed E-state index contributed by atoms with van der Waals surface area (Å²) in [5.41, 5.74) is 1.99. The van der Waals surface area contributed by atoms with Crippen LogP contribution in [0.1, 0.15) is 44.7 Å². The highest BCUT2D eigenvalue weighted by Gasteiger charge is 2.72. The largest absolute Gasteiger partial charge is 0.477 e. The van der Waals surface area contributed by atoms with Gasteiger partial charge in [-0.25, -0.2) is 23.4 Å². The number of carbonyl (C=O) groups is 1. The monoisotopic (exact) mass is 520 g/mol. The number of amides is 1. The second kappa shape index (κ2) is 9.05. The average molecular weight is 521 g/mol. The minimum absolute atomic E-state index is 0.122. The maximum atomic E-state index is 13.7. The van der Waals surface area contributed by atoms with Crippen molar-refractivity contribution in [3.05, 3.63) is 54.7 Å². The maximum absolute atomic E-state index is 13.7. The normalized spacial score (nSPS) is 24.2. The number of ether oxygens (including phenoxy) is 1. The van der Waals surface area contributed by atoms with Crippen molar-refractivity contribution in [1.82, 2.24) is 19.9 Å². The van der Waals surface area contributed by atoms with Crippen LogP contribution in [0, 0.1) is 11.8 Å². The second-order valence-electron chi connectivity index (χ2n) is 9.85. The van der Waals surface area contributed by atoms with Gasteiger partial charge in [0, 0.05) is 17.3 Å². The summed E-state index contributed by atoms with van der Waals surface area (Å²) in [6.07, 6.45) is 8.87. The number of aromatic nitrogens is 4. The van der Waals surface area contributed by atoms with E-state index < -0.39 is 15.4 Å². The Kier molecular flexibility index (Phi) is 5.82. The fourth-order valence-corrected chi connectivity index (χ4v) is 7.02. The summed E-state index contributed by atoms with van der Waals surface area (Å²) in [4.78, 5) is 31.0. The molecule has 3 aliphatic rings. The first-order valence-electron chi connectivity index (χ1n) is 12.6. The molecular weight excluding hydrogens is 492 g/mol. The number of sulfonamides is 1. The number of fused-ring (bicyclic) bond motifs is 1. The molecule has 3 saturated carbocycles. The number of nitrogens with zero attached hydrogens (tertiary/aromatic N) is 4. The third-order valence-corrected chi connectivity index (χ3v) is 9.44. The highest BCUT2D eigenvalue weighted by molar-refractivity contribution is 7.93. The molecule has 1 aromatic carbocycles.